The number of ether oxygens (including phenoxy) is 1. The summed E-state index contributed by atoms with van der Waals surface area (Å²) >= 11 is 3.50. The number of imidazole rings is 1. The van der Waals surface area contributed by atoms with E-state index >= 15 is 0 Å². The Bertz CT molecular complexity index is 1080. The zero-order valence-electron chi connectivity index (χ0n) is 15.4. The van der Waals surface area contributed by atoms with E-state index in [1.807, 2.05) is 6.07 Å². The zero-order valence-corrected chi connectivity index (χ0v) is 17.0. The number of aryl methyl sites for hydroxylation is 2. The van der Waals surface area contributed by atoms with Crippen LogP contribution in [0.25, 0.3) is 11.0 Å². The second-order valence-corrected chi connectivity index (χ2v) is 7.70. The van der Waals surface area contributed by atoms with Crippen LogP contribution in [0, 0.1) is 13.8 Å². The average molecular weight is 421 g/mol. The lowest BCUT2D eigenvalue weighted by atomic mass is 10.1. The summed E-state index contributed by atoms with van der Waals surface area (Å²) in [4.78, 5) is 4.82. The van der Waals surface area contributed by atoms with Crippen molar-refractivity contribution in [2.24, 2.45) is 0 Å². The van der Waals surface area contributed by atoms with Crippen LogP contribution in [0.4, 0.5) is 0 Å². The van der Waals surface area contributed by atoms with Crippen molar-refractivity contribution in [3.05, 3.63) is 93.7 Å². The molecule has 1 heterocycles. The van der Waals surface area contributed by atoms with Gasteiger partial charge in [0, 0.05) is 11.0 Å². The Hall–Kier alpha value is -2.59. The summed E-state index contributed by atoms with van der Waals surface area (Å²) in [6.45, 7) is 5.35. The Morgan fingerprint density at radius 3 is 2.56 bits per heavy atom. The summed E-state index contributed by atoms with van der Waals surface area (Å²) in [6, 6.07) is 22.9. The van der Waals surface area contributed by atoms with E-state index in [4.69, 9.17) is 9.72 Å². The molecule has 4 aromatic rings. The molecule has 0 saturated heterocycles. The molecule has 0 radical (unpaired) electrons. The number of hydrogen-bond acceptors (Lipinski definition) is 2. The molecular weight excluding hydrogens is 400 g/mol. The van der Waals surface area contributed by atoms with Crippen LogP contribution in [0.1, 0.15) is 22.5 Å². The Balaban J connectivity index is 1.67. The number of benzene rings is 3. The summed E-state index contributed by atoms with van der Waals surface area (Å²) < 4.78 is 9.46. The number of para-hydroxylation sites is 2. The highest BCUT2D eigenvalue weighted by Gasteiger charge is 2.12. The maximum absolute atomic E-state index is 6.14. The van der Waals surface area contributed by atoms with Gasteiger partial charge in [0.1, 0.15) is 18.2 Å². The first-order valence-corrected chi connectivity index (χ1v) is 9.78. The number of hydrogen-bond donors (Lipinski definition) is 0. The standard InChI is InChI=1S/C23H21BrN2O/c1-16-7-8-17(2)22(13-16)27-15-23-25-20-5-3-4-6-21(20)26(23)14-18-9-11-19(24)12-10-18/h3-13H,14-15H2,1-2H3. The minimum absolute atomic E-state index is 0.440. The molecule has 4 heteroatoms. The molecular formula is C23H21BrN2O. The summed E-state index contributed by atoms with van der Waals surface area (Å²) in [5.41, 5.74) is 5.68. The molecule has 4 rings (SSSR count). The number of nitrogens with zero attached hydrogens (tertiary/aromatic N) is 2. The van der Waals surface area contributed by atoms with E-state index in [0.29, 0.717) is 6.61 Å². The molecule has 0 atom stereocenters. The van der Waals surface area contributed by atoms with Gasteiger partial charge in [-0.25, -0.2) is 4.98 Å². The van der Waals surface area contributed by atoms with Crippen LogP contribution in [-0.4, -0.2) is 9.55 Å². The predicted molar refractivity (Wildman–Crippen MR) is 113 cm³/mol. The molecule has 0 unspecified atom stereocenters. The molecule has 0 saturated carbocycles. The first kappa shape index (κ1) is 17.8. The monoisotopic (exact) mass is 420 g/mol. The summed E-state index contributed by atoms with van der Waals surface area (Å²) in [5, 5.41) is 0. The summed E-state index contributed by atoms with van der Waals surface area (Å²) in [5.74, 6) is 1.84. The van der Waals surface area contributed by atoms with Crippen molar-refractivity contribution in [1.82, 2.24) is 9.55 Å². The number of fused-ring (bicyclic) bond motifs is 1. The molecule has 0 fully saturated rings. The first-order chi connectivity index (χ1) is 13.1. The lowest BCUT2D eigenvalue weighted by molar-refractivity contribution is 0.289. The van der Waals surface area contributed by atoms with Crippen LogP contribution in [0.15, 0.2) is 71.2 Å². The third-order valence-corrected chi connectivity index (χ3v) is 5.22. The van der Waals surface area contributed by atoms with Gasteiger partial charge in [-0.3, -0.25) is 0 Å². The molecule has 0 amide bonds. The van der Waals surface area contributed by atoms with Gasteiger partial charge in [-0.2, -0.15) is 0 Å². The molecule has 1 aromatic heterocycles. The highest BCUT2D eigenvalue weighted by atomic mass is 79.9. The van der Waals surface area contributed by atoms with Gasteiger partial charge in [-0.1, -0.05) is 52.3 Å². The second-order valence-electron chi connectivity index (χ2n) is 6.79. The van der Waals surface area contributed by atoms with Gasteiger partial charge in [0.15, 0.2) is 0 Å². The van der Waals surface area contributed by atoms with Gasteiger partial charge >= 0.3 is 0 Å². The van der Waals surface area contributed by atoms with Crippen LogP contribution in [0.2, 0.25) is 0 Å². The van der Waals surface area contributed by atoms with Gasteiger partial charge in [-0.15, -0.1) is 0 Å². The van der Waals surface area contributed by atoms with Crippen LogP contribution < -0.4 is 4.74 Å². The van der Waals surface area contributed by atoms with E-state index < -0.39 is 0 Å². The zero-order chi connectivity index (χ0) is 18.8. The molecule has 0 aliphatic carbocycles. The van der Waals surface area contributed by atoms with Gasteiger partial charge in [0.25, 0.3) is 0 Å². The van der Waals surface area contributed by atoms with Crippen LogP contribution in [0.5, 0.6) is 5.75 Å². The van der Waals surface area contributed by atoms with Crippen molar-refractivity contribution < 1.29 is 4.74 Å². The fourth-order valence-electron chi connectivity index (χ4n) is 3.19. The Morgan fingerprint density at radius 2 is 1.74 bits per heavy atom. The van der Waals surface area contributed by atoms with E-state index in [-0.39, 0.29) is 0 Å². The minimum Gasteiger partial charge on any atom is -0.485 e. The highest BCUT2D eigenvalue weighted by Crippen LogP contribution is 2.23. The normalized spacial score (nSPS) is 11.1. The molecule has 136 valence electrons. The molecule has 3 nitrogen and oxygen atoms in total. The van der Waals surface area contributed by atoms with Gasteiger partial charge in [0.2, 0.25) is 0 Å². The number of rotatable bonds is 5. The van der Waals surface area contributed by atoms with Crippen LogP contribution in [0.3, 0.4) is 0 Å². The molecule has 0 spiro atoms. The Morgan fingerprint density at radius 1 is 0.963 bits per heavy atom. The molecule has 0 aliphatic heterocycles. The van der Waals surface area contributed by atoms with Crippen molar-refractivity contribution in [2.45, 2.75) is 27.0 Å². The van der Waals surface area contributed by atoms with Gasteiger partial charge in [-0.05, 0) is 60.9 Å². The molecule has 3 aromatic carbocycles. The van der Waals surface area contributed by atoms with Crippen LogP contribution >= 0.6 is 15.9 Å². The molecule has 0 bridgehead atoms. The Labute approximate surface area is 167 Å². The van der Waals surface area contributed by atoms with Crippen molar-refractivity contribution in [2.75, 3.05) is 0 Å². The van der Waals surface area contributed by atoms with Crippen LogP contribution in [-0.2, 0) is 13.2 Å². The van der Waals surface area contributed by atoms with Crippen molar-refractivity contribution in [3.8, 4) is 5.75 Å². The van der Waals surface area contributed by atoms with Gasteiger partial charge in [0.05, 0.1) is 11.0 Å². The number of halogens is 1. The van der Waals surface area contributed by atoms with E-state index in [9.17, 15) is 0 Å². The smallest absolute Gasteiger partial charge is 0.148 e. The van der Waals surface area contributed by atoms with E-state index in [1.165, 1.54) is 11.1 Å². The van der Waals surface area contributed by atoms with Gasteiger partial charge < -0.3 is 9.30 Å². The number of aromatic nitrogens is 2. The lowest BCUT2D eigenvalue weighted by Crippen LogP contribution is -2.09. The second kappa shape index (κ2) is 7.57. The molecule has 0 N–H and O–H groups in total. The fraction of sp³-hybridized carbons (Fsp3) is 0.174. The van der Waals surface area contributed by atoms with Crippen molar-refractivity contribution >= 4 is 27.0 Å². The maximum Gasteiger partial charge on any atom is 0.148 e. The quantitative estimate of drug-likeness (QED) is 0.393. The SMILES string of the molecule is Cc1ccc(C)c(OCc2nc3ccccc3n2Cc2ccc(Br)cc2)c1. The van der Waals surface area contributed by atoms with Crippen molar-refractivity contribution in [1.29, 1.82) is 0 Å². The van der Waals surface area contributed by atoms with E-state index in [1.54, 1.807) is 0 Å². The lowest BCUT2D eigenvalue weighted by Gasteiger charge is -2.12. The average Bonchev–Trinajstić information content (AvgIpc) is 3.02. The topological polar surface area (TPSA) is 27.1 Å². The Kier molecular flexibility index (Phi) is 4.99. The largest absolute Gasteiger partial charge is 0.485 e. The van der Waals surface area contributed by atoms with E-state index in [2.05, 4.69) is 95.0 Å². The third-order valence-electron chi connectivity index (χ3n) is 4.69. The fourth-order valence-corrected chi connectivity index (χ4v) is 3.45. The predicted octanol–water partition coefficient (Wildman–Crippen LogP) is 6.04. The summed E-state index contributed by atoms with van der Waals surface area (Å²) in [6.07, 6.45) is 0. The minimum atomic E-state index is 0.440. The highest BCUT2D eigenvalue weighted by molar-refractivity contribution is 9.10. The third kappa shape index (κ3) is 3.91. The molecule has 27 heavy (non-hydrogen) atoms. The van der Waals surface area contributed by atoms with E-state index in [0.717, 1.165) is 39.2 Å². The first-order valence-electron chi connectivity index (χ1n) is 8.99. The maximum atomic E-state index is 6.14. The summed E-state index contributed by atoms with van der Waals surface area (Å²) in [7, 11) is 0. The molecule has 0 aliphatic rings. The van der Waals surface area contributed by atoms with Crippen molar-refractivity contribution in [3.63, 3.8) is 0 Å².